The number of carbonyl (C=O) groups excluding carboxylic acids is 1. The highest BCUT2D eigenvalue weighted by Gasteiger charge is 2.33. The van der Waals surface area contributed by atoms with Crippen molar-refractivity contribution in [1.82, 2.24) is 4.98 Å². The summed E-state index contributed by atoms with van der Waals surface area (Å²) in [5.41, 5.74) is 1.82. The Morgan fingerprint density at radius 1 is 1.03 bits per heavy atom. The summed E-state index contributed by atoms with van der Waals surface area (Å²) in [7, 11) is 0. The number of para-hydroxylation sites is 1. The quantitative estimate of drug-likeness (QED) is 0.437. The Hall–Kier alpha value is -2.67. The molecule has 1 aliphatic heterocycles. The number of aliphatic imine (C=N–C) groups is 1. The van der Waals surface area contributed by atoms with Crippen LogP contribution in [0.3, 0.4) is 0 Å². The van der Waals surface area contributed by atoms with Crippen molar-refractivity contribution in [3.63, 3.8) is 0 Å². The van der Waals surface area contributed by atoms with Gasteiger partial charge in [-0.15, -0.1) is 0 Å². The number of anilines is 1. The first kappa shape index (κ1) is 20.6. The van der Waals surface area contributed by atoms with E-state index in [1.807, 2.05) is 18.2 Å². The zero-order chi connectivity index (χ0) is 21.1. The Kier molecular flexibility index (Phi) is 6.18. The largest absolute Gasteiger partial charge is 0.283 e. The molecule has 1 aliphatic rings. The van der Waals surface area contributed by atoms with E-state index >= 15 is 0 Å². The lowest BCUT2D eigenvalue weighted by Gasteiger charge is -2.18. The van der Waals surface area contributed by atoms with Crippen molar-refractivity contribution >= 4 is 57.8 Å². The summed E-state index contributed by atoms with van der Waals surface area (Å²) in [6.07, 6.45) is 3.30. The van der Waals surface area contributed by atoms with Gasteiger partial charge in [0, 0.05) is 11.9 Å². The molecular formula is C22H14Cl2FN3OS. The van der Waals surface area contributed by atoms with Gasteiger partial charge in [-0.3, -0.25) is 14.7 Å². The van der Waals surface area contributed by atoms with Crippen LogP contribution in [-0.4, -0.2) is 16.1 Å². The van der Waals surface area contributed by atoms with Gasteiger partial charge in [-0.2, -0.15) is 0 Å². The fraction of sp³-hybridized carbons (Fsp3) is 0.0455. The molecule has 0 fully saturated rings. The Bertz CT molecular complexity index is 1170. The van der Waals surface area contributed by atoms with Crippen molar-refractivity contribution in [2.75, 3.05) is 4.90 Å². The maximum atomic E-state index is 14.5. The molecule has 0 N–H and O–H groups in total. The van der Waals surface area contributed by atoms with Gasteiger partial charge in [0.25, 0.3) is 5.91 Å². The molecule has 0 spiro atoms. The minimum absolute atomic E-state index is 0.146. The predicted octanol–water partition coefficient (Wildman–Crippen LogP) is 6.20. The van der Waals surface area contributed by atoms with Crippen molar-refractivity contribution in [1.29, 1.82) is 0 Å². The topological polar surface area (TPSA) is 45.6 Å². The van der Waals surface area contributed by atoms with Gasteiger partial charge in [0.15, 0.2) is 5.17 Å². The van der Waals surface area contributed by atoms with Crippen molar-refractivity contribution < 1.29 is 9.18 Å². The van der Waals surface area contributed by atoms with Gasteiger partial charge in [-0.1, -0.05) is 59.2 Å². The zero-order valence-electron chi connectivity index (χ0n) is 15.4. The average Bonchev–Trinajstić information content (AvgIpc) is 3.05. The predicted molar refractivity (Wildman–Crippen MR) is 121 cm³/mol. The normalized spacial score (nSPS) is 15.0. The van der Waals surface area contributed by atoms with Crippen molar-refractivity contribution in [3.8, 4) is 0 Å². The number of hydrogen-bond donors (Lipinski definition) is 0. The van der Waals surface area contributed by atoms with Crippen molar-refractivity contribution in [3.05, 3.63) is 99.7 Å². The maximum Gasteiger partial charge on any atom is 0.283 e. The minimum atomic E-state index is -0.507. The summed E-state index contributed by atoms with van der Waals surface area (Å²) in [4.78, 5) is 23.2. The molecule has 2 heterocycles. The number of amidine groups is 1. The van der Waals surface area contributed by atoms with Crippen LogP contribution < -0.4 is 4.90 Å². The van der Waals surface area contributed by atoms with E-state index < -0.39 is 11.7 Å². The lowest BCUT2D eigenvalue weighted by atomic mass is 10.2. The molecule has 0 saturated carbocycles. The molecule has 0 bridgehead atoms. The van der Waals surface area contributed by atoms with Crippen molar-refractivity contribution in [2.45, 2.75) is 5.75 Å². The number of halogens is 3. The fourth-order valence-corrected chi connectivity index (χ4v) is 4.05. The molecule has 4 rings (SSSR count). The molecular weight excluding hydrogens is 444 g/mol. The molecule has 4 nitrogen and oxygen atoms in total. The van der Waals surface area contributed by atoms with Crippen LogP contribution in [0.25, 0.3) is 6.08 Å². The van der Waals surface area contributed by atoms with Crippen LogP contribution in [-0.2, 0) is 10.5 Å². The van der Waals surface area contributed by atoms with Crippen LogP contribution in [0.1, 0.15) is 11.3 Å². The highest BCUT2D eigenvalue weighted by molar-refractivity contribution is 8.13. The van der Waals surface area contributed by atoms with E-state index in [0.29, 0.717) is 26.5 Å². The zero-order valence-corrected chi connectivity index (χ0v) is 17.8. The molecule has 0 radical (unpaired) electrons. The van der Waals surface area contributed by atoms with Gasteiger partial charge in [-0.25, -0.2) is 9.38 Å². The molecule has 3 aromatic rings. The summed E-state index contributed by atoms with van der Waals surface area (Å²) in [6.45, 7) is 0. The van der Waals surface area contributed by atoms with Gasteiger partial charge in [0.05, 0.1) is 21.4 Å². The Balaban J connectivity index is 1.70. The summed E-state index contributed by atoms with van der Waals surface area (Å²) >= 11 is 13.3. The maximum absolute atomic E-state index is 14.5. The molecule has 150 valence electrons. The molecule has 30 heavy (non-hydrogen) atoms. The Labute approximate surface area is 187 Å². The van der Waals surface area contributed by atoms with E-state index in [2.05, 4.69) is 9.98 Å². The van der Waals surface area contributed by atoms with Gasteiger partial charge in [-0.05, 0) is 48.0 Å². The molecule has 1 amide bonds. The van der Waals surface area contributed by atoms with E-state index in [-0.39, 0.29) is 11.4 Å². The van der Waals surface area contributed by atoms with E-state index in [0.717, 1.165) is 5.69 Å². The second-order valence-electron chi connectivity index (χ2n) is 6.30. The van der Waals surface area contributed by atoms with Crippen LogP contribution in [0.2, 0.25) is 10.0 Å². The van der Waals surface area contributed by atoms with E-state index in [1.165, 1.54) is 22.7 Å². The Morgan fingerprint density at radius 2 is 1.83 bits per heavy atom. The number of amides is 1. The Morgan fingerprint density at radius 3 is 2.57 bits per heavy atom. The molecule has 2 aromatic carbocycles. The highest BCUT2D eigenvalue weighted by atomic mass is 35.5. The van der Waals surface area contributed by atoms with Crippen LogP contribution in [0.15, 0.2) is 77.5 Å². The summed E-state index contributed by atoms with van der Waals surface area (Å²) < 4.78 is 14.5. The first-order valence-electron chi connectivity index (χ1n) is 8.90. The smallest absolute Gasteiger partial charge is 0.266 e. The molecule has 8 heteroatoms. The standard InChI is InChI=1S/C22H14Cl2FN3OS/c23-16-9-8-14(11-17(16)24)12-19-21(29)28(20-7-2-1-6-18(20)25)22(27-19)30-13-15-5-3-4-10-26-15/h1-12H,13H2/b19-12-. The summed E-state index contributed by atoms with van der Waals surface area (Å²) in [5.74, 6) is -0.444. The van der Waals surface area contributed by atoms with Crippen LogP contribution >= 0.6 is 35.0 Å². The number of carbonyl (C=O) groups is 1. The van der Waals surface area contributed by atoms with Gasteiger partial charge in [0.1, 0.15) is 11.5 Å². The molecule has 0 saturated heterocycles. The van der Waals surface area contributed by atoms with Gasteiger partial charge in [0.2, 0.25) is 0 Å². The monoisotopic (exact) mass is 457 g/mol. The lowest BCUT2D eigenvalue weighted by Crippen LogP contribution is -2.31. The first-order chi connectivity index (χ1) is 14.5. The highest BCUT2D eigenvalue weighted by Crippen LogP contribution is 2.32. The van der Waals surface area contributed by atoms with E-state index in [1.54, 1.807) is 48.7 Å². The first-order valence-corrected chi connectivity index (χ1v) is 10.6. The number of rotatable bonds is 4. The van der Waals surface area contributed by atoms with Gasteiger partial charge < -0.3 is 0 Å². The number of benzene rings is 2. The third-order valence-electron chi connectivity index (χ3n) is 4.25. The molecule has 0 aliphatic carbocycles. The number of pyridine rings is 1. The molecule has 0 atom stereocenters. The van der Waals surface area contributed by atoms with E-state index in [4.69, 9.17) is 23.2 Å². The number of hydrogen-bond acceptors (Lipinski definition) is 4. The van der Waals surface area contributed by atoms with Crippen LogP contribution in [0.4, 0.5) is 10.1 Å². The second-order valence-corrected chi connectivity index (χ2v) is 8.06. The number of nitrogens with zero attached hydrogens (tertiary/aromatic N) is 3. The SMILES string of the molecule is O=C1/C(=C/c2ccc(Cl)c(Cl)c2)N=C(SCc2ccccn2)N1c1ccccc1F. The minimum Gasteiger partial charge on any atom is -0.266 e. The second kappa shape index (κ2) is 9.00. The summed E-state index contributed by atoms with van der Waals surface area (Å²) in [5, 5.41) is 1.16. The van der Waals surface area contributed by atoms with E-state index in [9.17, 15) is 9.18 Å². The molecule has 1 aromatic heterocycles. The average molecular weight is 458 g/mol. The number of aromatic nitrogens is 1. The molecule has 0 unspecified atom stereocenters. The lowest BCUT2D eigenvalue weighted by molar-refractivity contribution is -0.113. The van der Waals surface area contributed by atoms with Crippen molar-refractivity contribution in [2.24, 2.45) is 4.99 Å². The summed E-state index contributed by atoms with van der Waals surface area (Å²) in [6, 6.07) is 16.7. The fourth-order valence-electron chi connectivity index (χ4n) is 2.82. The third kappa shape index (κ3) is 4.41. The van der Waals surface area contributed by atoms with Gasteiger partial charge >= 0.3 is 0 Å². The number of thioether (sulfide) groups is 1. The third-order valence-corrected chi connectivity index (χ3v) is 5.96. The van der Waals surface area contributed by atoms with Crippen LogP contribution in [0, 0.1) is 5.82 Å². The van der Waals surface area contributed by atoms with Crippen LogP contribution in [0.5, 0.6) is 0 Å².